The highest BCUT2D eigenvalue weighted by Crippen LogP contribution is 2.47. The zero-order valence-electron chi connectivity index (χ0n) is 17.9. The number of allylic oxidation sites excluding steroid dienone is 1. The minimum absolute atomic E-state index is 0.0774. The van der Waals surface area contributed by atoms with Gasteiger partial charge in [0.2, 0.25) is 0 Å². The summed E-state index contributed by atoms with van der Waals surface area (Å²) in [6.45, 7) is 3.36. The average Bonchev–Trinajstić information content (AvgIpc) is 2.79. The molecule has 0 fully saturated rings. The molecule has 0 saturated heterocycles. The summed E-state index contributed by atoms with van der Waals surface area (Å²) in [4.78, 5) is 24.6. The average molecular weight is 446 g/mol. The number of hydrogen-bond donors (Lipinski definition) is 0. The quantitative estimate of drug-likeness (QED) is 0.507. The van der Waals surface area contributed by atoms with Gasteiger partial charge in [-0.2, -0.15) is 0 Å². The third kappa shape index (κ3) is 3.78. The number of rotatable bonds is 6. The van der Waals surface area contributed by atoms with Gasteiger partial charge in [-0.15, -0.1) is 0 Å². The van der Waals surface area contributed by atoms with E-state index in [1.807, 2.05) is 13.0 Å². The third-order valence-corrected chi connectivity index (χ3v) is 7.34. The van der Waals surface area contributed by atoms with Crippen molar-refractivity contribution in [3.8, 4) is 0 Å². The van der Waals surface area contributed by atoms with E-state index in [-0.39, 0.29) is 28.4 Å². The number of sulfonamides is 1. The van der Waals surface area contributed by atoms with E-state index in [0.717, 1.165) is 5.56 Å². The molecule has 6 heteroatoms. The second kappa shape index (κ2) is 8.55. The van der Waals surface area contributed by atoms with Crippen molar-refractivity contribution in [2.75, 3.05) is 4.31 Å². The van der Waals surface area contributed by atoms with E-state index in [1.54, 1.807) is 72.8 Å². The Morgan fingerprint density at radius 3 is 2.19 bits per heavy atom. The fourth-order valence-electron chi connectivity index (χ4n) is 4.13. The molecule has 1 atom stereocenters. The molecule has 3 aromatic carbocycles. The van der Waals surface area contributed by atoms with E-state index in [9.17, 15) is 18.0 Å². The number of anilines is 1. The van der Waals surface area contributed by atoms with Gasteiger partial charge in [0.25, 0.3) is 10.0 Å². The summed E-state index contributed by atoms with van der Waals surface area (Å²) in [6, 6.07) is 22.6. The minimum Gasteiger partial charge on any atom is -0.300 e. The molecular formula is C26H23NO4S. The van der Waals surface area contributed by atoms with Gasteiger partial charge in [-0.05, 0) is 43.2 Å². The fraction of sp³-hybridized carbons (Fsp3) is 0.154. The lowest BCUT2D eigenvalue weighted by molar-refractivity contribution is -0.117. The first-order chi connectivity index (χ1) is 15.3. The van der Waals surface area contributed by atoms with Crippen molar-refractivity contribution in [2.45, 2.75) is 31.1 Å². The topological polar surface area (TPSA) is 71.5 Å². The van der Waals surface area contributed by atoms with Crippen LogP contribution >= 0.6 is 0 Å². The first-order valence-electron chi connectivity index (χ1n) is 10.3. The van der Waals surface area contributed by atoms with Crippen molar-refractivity contribution in [1.82, 2.24) is 0 Å². The molecule has 3 aromatic rings. The Bertz CT molecular complexity index is 1310. The van der Waals surface area contributed by atoms with Gasteiger partial charge in [0.1, 0.15) is 12.1 Å². The molecule has 0 N–H and O–H groups in total. The van der Waals surface area contributed by atoms with Gasteiger partial charge in [-0.3, -0.25) is 9.59 Å². The van der Waals surface area contributed by atoms with E-state index >= 15 is 0 Å². The molecule has 0 unspecified atom stereocenters. The Morgan fingerprint density at radius 1 is 0.938 bits per heavy atom. The van der Waals surface area contributed by atoms with Crippen molar-refractivity contribution in [2.24, 2.45) is 0 Å². The van der Waals surface area contributed by atoms with Crippen LogP contribution in [-0.4, -0.2) is 20.5 Å². The number of aryl methyl sites for hydroxylation is 1. The van der Waals surface area contributed by atoms with Gasteiger partial charge in [0.15, 0.2) is 0 Å². The SMILES string of the molecule is CC(=O)C[C@H]1C(C=O)=C(c2ccccc2)N(S(=O)(=O)c2ccc(C)cc2)c2ccccc21. The van der Waals surface area contributed by atoms with Crippen LogP contribution in [0.3, 0.4) is 0 Å². The molecule has 32 heavy (non-hydrogen) atoms. The molecule has 4 rings (SSSR count). The summed E-state index contributed by atoms with van der Waals surface area (Å²) in [5.74, 6) is -0.604. The molecule has 1 aliphatic heterocycles. The summed E-state index contributed by atoms with van der Waals surface area (Å²) in [5.41, 5.74) is 3.18. The molecule has 0 bridgehead atoms. The van der Waals surface area contributed by atoms with Crippen molar-refractivity contribution >= 4 is 33.5 Å². The number of fused-ring (bicyclic) bond motifs is 1. The molecule has 162 valence electrons. The zero-order chi connectivity index (χ0) is 22.9. The Morgan fingerprint density at radius 2 is 1.56 bits per heavy atom. The summed E-state index contributed by atoms with van der Waals surface area (Å²) in [6.07, 6.45) is 0.795. The number of nitrogens with zero attached hydrogens (tertiary/aromatic N) is 1. The maximum Gasteiger partial charge on any atom is 0.268 e. The van der Waals surface area contributed by atoms with Crippen molar-refractivity contribution < 1.29 is 18.0 Å². The number of para-hydroxylation sites is 1. The van der Waals surface area contributed by atoms with Crippen LogP contribution in [0.5, 0.6) is 0 Å². The lowest BCUT2D eigenvalue weighted by Crippen LogP contribution is -2.35. The molecule has 0 saturated carbocycles. The number of Topliss-reactive ketones (excluding diaryl/α,β-unsaturated/α-hetero) is 1. The van der Waals surface area contributed by atoms with Crippen LogP contribution in [0.15, 0.2) is 89.3 Å². The highest BCUT2D eigenvalue weighted by atomic mass is 32.2. The number of aldehydes is 1. The molecule has 1 aliphatic rings. The predicted octanol–water partition coefficient (Wildman–Crippen LogP) is 4.88. The maximum absolute atomic E-state index is 13.9. The summed E-state index contributed by atoms with van der Waals surface area (Å²) < 4.78 is 29.1. The standard InChI is InChI=1S/C26H23NO4S/c1-18-12-14-21(15-13-18)32(30,31)27-25-11-7-6-10-22(25)23(16-19(2)29)24(17-28)26(27)20-8-4-3-5-9-20/h3-15,17,23H,16H2,1-2H3/t23-/m1/s1. The highest BCUT2D eigenvalue weighted by Gasteiger charge is 2.39. The Hall–Kier alpha value is -3.51. The van der Waals surface area contributed by atoms with Gasteiger partial charge in [-0.25, -0.2) is 12.7 Å². The van der Waals surface area contributed by atoms with E-state index in [2.05, 4.69) is 0 Å². The monoisotopic (exact) mass is 445 g/mol. The predicted molar refractivity (Wildman–Crippen MR) is 125 cm³/mol. The third-order valence-electron chi connectivity index (χ3n) is 5.61. The molecule has 0 aliphatic carbocycles. The normalized spacial score (nSPS) is 15.9. The molecular weight excluding hydrogens is 422 g/mol. The van der Waals surface area contributed by atoms with E-state index < -0.39 is 15.9 Å². The Labute approximate surface area is 188 Å². The number of benzene rings is 3. The van der Waals surface area contributed by atoms with Crippen molar-refractivity contribution in [3.05, 3.63) is 101 Å². The van der Waals surface area contributed by atoms with Gasteiger partial charge in [0, 0.05) is 17.9 Å². The minimum atomic E-state index is -4.05. The van der Waals surface area contributed by atoms with Gasteiger partial charge in [0.05, 0.1) is 16.3 Å². The number of carbonyl (C=O) groups excluding carboxylic acids is 2. The largest absolute Gasteiger partial charge is 0.300 e. The van der Waals surface area contributed by atoms with Crippen LogP contribution in [0, 0.1) is 6.92 Å². The number of ketones is 1. The summed E-state index contributed by atoms with van der Waals surface area (Å²) in [5, 5.41) is 0. The van der Waals surface area contributed by atoms with E-state index in [1.165, 1.54) is 11.2 Å². The van der Waals surface area contributed by atoms with Crippen LogP contribution in [-0.2, 0) is 19.6 Å². The first-order valence-corrected chi connectivity index (χ1v) is 11.7. The zero-order valence-corrected chi connectivity index (χ0v) is 18.7. The van der Waals surface area contributed by atoms with E-state index in [4.69, 9.17) is 0 Å². The number of hydrogen-bond acceptors (Lipinski definition) is 4. The Kier molecular flexibility index (Phi) is 5.80. The number of carbonyl (C=O) groups is 2. The highest BCUT2D eigenvalue weighted by molar-refractivity contribution is 7.93. The Balaban J connectivity index is 2.06. The smallest absolute Gasteiger partial charge is 0.268 e. The van der Waals surface area contributed by atoms with Crippen LogP contribution in [0.2, 0.25) is 0 Å². The second-order valence-electron chi connectivity index (χ2n) is 7.89. The van der Waals surface area contributed by atoms with Gasteiger partial charge >= 0.3 is 0 Å². The molecule has 5 nitrogen and oxygen atoms in total. The molecule has 1 heterocycles. The maximum atomic E-state index is 13.9. The summed E-state index contributed by atoms with van der Waals surface area (Å²) in [7, 11) is -4.05. The fourth-order valence-corrected chi connectivity index (χ4v) is 5.70. The van der Waals surface area contributed by atoms with Crippen molar-refractivity contribution in [1.29, 1.82) is 0 Å². The summed E-state index contributed by atoms with van der Waals surface area (Å²) >= 11 is 0. The van der Waals surface area contributed by atoms with Gasteiger partial charge in [-0.1, -0.05) is 66.2 Å². The lowest BCUT2D eigenvalue weighted by Gasteiger charge is -2.37. The van der Waals surface area contributed by atoms with Crippen molar-refractivity contribution in [3.63, 3.8) is 0 Å². The first kappa shape index (κ1) is 21.7. The van der Waals surface area contributed by atoms with E-state index in [0.29, 0.717) is 23.1 Å². The second-order valence-corrected chi connectivity index (χ2v) is 9.67. The molecule has 0 spiro atoms. The van der Waals surface area contributed by atoms with Crippen LogP contribution in [0.4, 0.5) is 5.69 Å². The molecule has 0 radical (unpaired) electrons. The lowest BCUT2D eigenvalue weighted by atomic mass is 9.81. The molecule has 0 aromatic heterocycles. The van der Waals surface area contributed by atoms with Crippen LogP contribution in [0.1, 0.15) is 36.0 Å². The van der Waals surface area contributed by atoms with Crippen LogP contribution < -0.4 is 4.31 Å². The van der Waals surface area contributed by atoms with Crippen LogP contribution in [0.25, 0.3) is 5.70 Å². The molecule has 0 amide bonds. The van der Waals surface area contributed by atoms with Gasteiger partial charge < -0.3 is 0 Å².